The number of ether oxygens (including phenoxy) is 2. The molecule has 1 amide bonds. The highest BCUT2D eigenvalue weighted by atomic mass is 35.5. The van der Waals surface area contributed by atoms with Gasteiger partial charge in [0.05, 0.1) is 30.9 Å². The number of amides is 1. The number of carbonyl (C=O) groups excluding carboxylic acids is 2. The van der Waals surface area contributed by atoms with Crippen molar-refractivity contribution in [1.29, 1.82) is 0 Å². The molecule has 0 fully saturated rings. The summed E-state index contributed by atoms with van der Waals surface area (Å²) in [6.07, 6.45) is 1.37. The Morgan fingerprint density at radius 2 is 1.86 bits per heavy atom. The molecule has 2 heterocycles. The first-order valence-electron chi connectivity index (χ1n) is 10.6. The number of nitrogens with zero attached hydrogens (tertiary/aromatic N) is 2. The number of rotatable bonds is 7. The molecule has 0 aliphatic rings. The lowest BCUT2D eigenvalue weighted by Crippen LogP contribution is -2.25. The number of benzene rings is 2. The number of methoxy groups -OCH3 is 2. The minimum atomic E-state index is -0.494. The van der Waals surface area contributed by atoms with Gasteiger partial charge in [-0.15, -0.1) is 0 Å². The molecule has 0 unspecified atom stereocenters. The van der Waals surface area contributed by atoms with Crippen LogP contribution in [-0.2, 0) is 11.3 Å². The van der Waals surface area contributed by atoms with Gasteiger partial charge in [0.1, 0.15) is 23.7 Å². The summed E-state index contributed by atoms with van der Waals surface area (Å²) in [7, 11) is 3.02. The van der Waals surface area contributed by atoms with Crippen LogP contribution in [0.2, 0.25) is 5.02 Å². The van der Waals surface area contributed by atoms with E-state index in [4.69, 9.17) is 21.1 Å². The van der Waals surface area contributed by atoms with E-state index in [1.54, 1.807) is 55.5 Å². The summed E-state index contributed by atoms with van der Waals surface area (Å²) in [4.78, 5) is 43.8. The lowest BCUT2D eigenvalue weighted by atomic mass is 10.0. The number of aryl methyl sites for hydroxylation is 1. The van der Waals surface area contributed by atoms with Crippen LogP contribution in [0.25, 0.3) is 11.0 Å². The van der Waals surface area contributed by atoms with Crippen LogP contribution in [0.15, 0.2) is 65.6 Å². The van der Waals surface area contributed by atoms with Crippen molar-refractivity contribution in [2.45, 2.75) is 13.5 Å². The summed E-state index contributed by atoms with van der Waals surface area (Å²) in [5.74, 6) is 0.109. The topological polar surface area (TPSA) is 99.5 Å². The third kappa shape index (κ3) is 5.02. The van der Waals surface area contributed by atoms with Crippen LogP contribution in [0, 0.1) is 6.92 Å². The van der Waals surface area contributed by atoms with Crippen LogP contribution < -0.4 is 20.2 Å². The van der Waals surface area contributed by atoms with Crippen molar-refractivity contribution in [1.82, 2.24) is 9.55 Å². The number of aromatic nitrogens is 2. The molecule has 0 aliphatic heterocycles. The predicted molar refractivity (Wildman–Crippen MR) is 134 cm³/mol. The zero-order valence-corrected chi connectivity index (χ0v) is 20.1. The molecule has 0 atom stereocenters. The molecule has 0 spiro atoms. The van der Waals surface area contributed by atoms with E-state index in [0.717, 1.165) is 0 Å². The number of nitrogens with one attached hydrogen (secondary N) is 1. The molecular weight excluding hydrogens is 470 g/mol. The second kappa shape index (κ2) is 9.99. The van der Waals surface area contributed by atoms with Crippen molar-refractivity contribution in [3.63, 3.8) is 0 Å². The van der Waals surface area contributed by atoms with E-state index in [1.165, 1.54) is 31.0 Å². The standard InChI is InChI=1S/C26H22ClN3O5/c1-15-7-9-19-25(33)20(24(32)16-5-4-6-17(27)11-16)13-30(26(19)28-15)14-23(31)29-21-10-8-18(34-2)12-22(21)35-3/h4-13H,14H2,1-3H3,(H,29,31). The molecule has 1 N–H and O–H groups in total. The number of halogens is 1. The number of anilines is 1. The zero-order valence-electron chi connectivity index (χ0n) is 19.3. The number of hydrogen-bond acceptors (Lipinski definition) is 6. The van der Waals surface area contributed by atoms with E-state index >= 15 is 0 Å². The summed E-state index contributed by atoms with van der Waals surface area (Å²) in [5, 5.41) is 3.41. The molecule has 35 heavy (non-hydrogen) atoms. The Morgan fingerprint density at radius 1 is 1.06 bits per heavy atom. The molecule has 9 heteroatoms. The van der Waals surface area contributed by atoms with Crippen LogP contribution in [-0.4, -0.2) is 35.5 Å². The van der Waals surface area contributed by atoms with Crippen LogP contribution in [0.4, 0.5) is 5.69 Å². The molecule has 0 saturated carbocycles. The summed E-state index contributed by atoms with van der Waals surface area (Å²) >= 11 is 6.03. The summed E-state index contributed by atoms with van der Waals surface area (Å²) in [6.45, 7) is 1.58. The smallest absolute Gasteiger partial charge is 0.244 e. The second-order valence-corrected chi connectivity index (χ2v) is 8.21. The number of ketones is 1. The second-order valence-electron chi connectivity index (χ2n) is 7.78. The summed E-state index contributed by atoms with van der Waals surface area (Å²) < 4.78 is 12.0. The molecule has 0 radical (unpaired) electrons. The fourth-order valence-corrected chi connectivity index (χ4v) is 3.86. The lowest BCUT2D eigenvalue weighted by molar-refractivity contribution is -0.116. The van der Waals surface area contributed by atoms with Gasteiger partial charge in [-0.3, -0.25) is 14.4 Å². The minimum Gasteiger partial charge on any atom is -0.497 e. The molecule has 0 saturated heterocycles. The van der Waals surface area contributed by atoms with E-state index in [-0.39, 0.29) is 23.1 Å². The van der Waals surface area contributed by atoms with Crippen molar-refractivity contribution >= 4 is 40.0 Å². The Labute approximate surface area is 206 Å². The number of hydrogen-bond donors (Lipinski definition) is 1. The fraction of sp³-hybridized carbons (Fsp3) is 0.154. The Kier molecular flexibility index (Phi) is 6.84. The maximum atomic E-state index is 13.2. The highest BCUT2D eigenvalue weighted by Crippen LogP contribution is 2.29. The maximum absolute atomic E-state index is 13.2. The van der Waals surface area contributed by atoms with Gasteiger partial charge >= 0.3 is 0 Å². The highest BCUT2D eigenvalue weighted by Gasteiger charge is 2.20. The Bertz CT molecular complexity index is 1510. The van der Waals surface area contributed by atoms with Crippen molar-refractivity contribution in [2.75, 3.05) is 19.5 Å². The van der Waals surface area contributed by atoms with Gasteiger partial charge in [-0.1, -0.05) is 23.7 Å². The van der Waals surface area contributed by atoms with Crippen LogP contribution in [0.5, 0.6) is 11.5 Å². The van der Waals surface area contributed by atoms with E-state index in [2.05, 4.69) is 10.3 Å². The third-order valence-electron chi connectivity index (χ3n) is 5.39. The van der Waals surface area contributed by atoms with Crippen LogP contribution in [0.3, 0.4) is 0 Å². The first-order chi connectivity index (χ1) is 16.8. The number of pyridine rings is 2. The maximum Gasteiger partial charge on any atom is 0.244 e. The largest absolute Gasteiger partial charge is 0.497 e. The van der Waals surface area contributed by atoms with Gasteiger partial charge in [0.15, 0.2) is 5.78 Å². The first kappa shape index (κ1) is 24.0. The van der Waals surface area contributed by atoms with Gasteiger partial charge in [-0.25, -0.2) is 4.98 Å². The highest BCUT2D eigenvalue weighted by molar-refractivity contribution is 6.31. The molecule has 0 aliphatic carbocycles. The summed E-state index contributed by atoms with van der Waals surface area (Å²) in [6, 6.07) is 14.6. The van der Waals surface area contributed by atoms with Crippen molar-refractivity contribution in [3.05, 3.63) is 92.9 Å². The molecule has 8 nitrogen and oxygen atoms in total. The molecule has 178 valence electrons. The van der Waals surface area contributed by atoms with E-state index in [9.17, 15) is 14.4 Å². The Hall–Kier alpha value is -4.17. The van der Waals surface area contributed by atoms with Gasteiger partial charge in [0, 0.05) is 28.5 Å². The molecular formula is C26H22ClN3O5. The van der Waals surface area contributed by atoms with Gasteiger partial charge < -0.3 is 19.4 Å². The number of fused-ring (bicyclic) bond motifs is 1. The zero-order chi connectivity index (χ0) is 25.1. The first-order valence-corrected chi connectivity index (χ1v) is 11.0. The average molecular weight is 492 g/mol. The monoisotopic (exact) mass is 491 g/mol. The van der Waals surface area contributed by atoms with Crippen molar-refractivity contribution < 1.29 is 19.1 Å². The van der Waals surface area contributed by atoms with E-state index < -0.39 is 17.1 Å². The lowest BCUT2D eigenvalue weighted by Gasteiger charge is -2.15. The predicted octanol–water partition coefficient (Wildman–Crippen LogP) is 4.25. The molecule has 4 aromatic rings. The minimum absolute atomic E-state index is 0.0831. The summed E-state index contributed by atoms with van der Waals surface area (Å²) in [5.41, 5.74) is 1.13. The third-order valence-corrected chi connectivity index (χ3v) is 5.62. The molecule has 4 rings (SSSR count). The normalized spacial score (nSPS) is 10.7. The van der Waals surface area contributed by atoms with Gasteiger partial charge in [0.25, 0.3) is 0 Å². The van der Waals surface area contributed by atoms with Gasteiger partial charge in [-0.05, 0) is 43.3 Å². The quantitative estimate of drug-likeness (QED) is 0.388. The molecule has 0 bridgehead atoms. The average Bonchev–Trinajstić information content (AvgIpc) is 2.85. The Balaban J connectivity index is 1.74. The van der Waals surface area contributed by atoms with Crippen molar-refractivity contribution in [3.8, 4) is 11.5 Å². The molecule has 2 aromatic heterocycles. The van der Waals surface area contributed by atoms with E-state index in [1.807, 2.05) is 0 Å². The van der Waals surface area contributed by atoms with Gasteiger partial charge in [0.2, 0.25) is 11.3 Å². The Morgan fingerprint density at radius 3 is 2.57 bits per heavy atom. The SMILES string of the molecule is COc1ccc(NC(=O)Cn2cc(C(=O)c3cccc(Cl)c3)c(=O)c3ccc(C)nc32)c(OC)c1. The van der Waals surface area contributed by atoms with Crippen molar-refractivity contribution in [2.24, 2.45) is 0 Å². The van der Waals surface area contributed by atoms with Crippen LogP contribution >= 0.6 is 11.6 Å². The fourth-order valence-electron chi connectivity index (χ4n) is 3.67. The van der Waals surface area contributed by atoms with Crippen LogP contribution in [0.1, 0.15) is 21.6 Å². The van der Waals surface area contributed by atoms with Gasteiger partial charge in [-0.2, -0.15) is 0 Å². The van der Waals surface area contributed by atoms with E-state index in [0.29, 0.717) is 33.6 Å². The molecule has 2 aromatic carbocycles. The number of carbonyl (C=O) groups is 2.